The third-order valence-electron chi connectivity index (χ3n) is 10.9. The van der Waals surface area contributed by atoms with Crippen molar-refractivity contribution >= 4 is 93.3 Å². The molecule has 0 aliphatic carbocycles. The molecule has 0 N–H and O–H groups in total. The van der Waals surface area contributed by atoms with Crippen molar-refractivity contribution in [1.29, 1.82) is 0 Å². The van der Waals surface area contributed by atoms with E-state index in [9.17, 15) is 0 Å². The van der Waals surface area contributed by atoms with E-state index in [1.54, 1.807) is 0 Å². The van der Waals surface area contributed by atoms with Crippen molar-refractivity contribution in [2.24, 2.45) is 0 Å². The number of aromatic nitrogens is 1. The highest BCUT2D eigenvalue weighted by Crippen LogP contribution is 2.44. The van der Waals surface area contributed by atoms with E-state index < -0.39 is 0 Å². The van der Waals surface area contributed by atoms with Gasteiger partial charge in [-0.1, -0.05) is 133 Å². The number of thiophene rings is 1. The second-order valence-electron chi connectivity index (χ2n) is 14.2. The smallest absolute Gasteiger partial charge is 0.0547 e. The molecule has 2 aromatic heterocycles. The van der Waals surface area contributed by atoms with Crippen LogP contribution >= 0.6 is 11.3 Å². The second-order valence-corrected chi connectivity index (χ2v) is 15.3. The minimum absolute atomic E-state index is 1.13. The van der Waals surface area contributed by atoms with Crippen LogP contribution in [-0.4, -0.2) is 4.57 Å². The molecule has 2 heterocycles. The van der Waals surface area contributed by atoms with Crippen LogP contribution in [0.1, 0.15) is 11.1 Å². The highest BCUT2D eigenvalue weighted by molar-refractivity contribution is 7.25. The molecule has 11 aromatic rings. The number of nitrogens with zero attached hydrogens (tertiary/aromatic N) is 2. The lowest BCUT2D eigenvalue weighted by Gasteiger charge is -2.25. The number of hydrogen-bond acceptors (Lipinski definition) is 2. The van der Waals surface area contributed by atoms with E-state index in [1.165, 1.54) is 80.7 Å². The molecular formula is C52H34N2S. The lowest BCUT2D eigenvalue weighted by Crippen LogP contribution is -2.09. The number of anilines is 3. The minimum Gasteiger partial charge on any atom is -0.311 e. The average Bonchev–Trinajstić information content (AvgIpc) is 3.79. The van der Waals surface area contributed by atoms with Crippen molar-refractivity contribution in [3.63, 3.8) is 0 Å². The molecule has 3 heteroatoms. The van der Waals surface area contributed by atoms with Crippen molar-refractivity contribution in [3.05, 3.63) is 205 Å². The Balaban J connectivity index is 0.920. The standard InChI is InChI=1S/C52H34N2S/c1-4-12-39(13-5-1)53(40-14-6-2-7-15-40)42-26-21-35(22-27-42)19-20-36-23-28-44-45-29-25-38(34-50(45)55-49(44)33-36)43-31-32-48-52-46(43)30-24-37-11-10-18-47(51(37)52)54(48)41-16-8-3-9-17-41/h1-34H/b20-19+. The monoisotopic (exact) mass is 718 g/mol. The van der Waals surface area contributed by atoms with Crippen LogP contribution < -0.4 is 4.90 Å². The van der Waals surface area contributed by atoms with Gasteiger partial charge < -0.3 is 9.47 Å². The van der Waals surface area contributed by atoms with Gasteiger partial charge in [-0.05, 0) is 106 Å². The Labute approximate surface area is 323 Å². The summed E-state index contributed by atoms with van der Waals surface area (Å²) in [5, 5.41) is 7.86. The third-order valence-corrected chi connectivity index (χ3v) is 12.0. The average molecular weight is 719 g/mol. The zero-order valence-corrected chi connectivity index (χ0v) is 30.7. The van der Waals surface area contributed by atoms with Gasteiger partial charge in [0, 0.05) is 53.7 Å². The Morgan fingerprint density at radius 3 is 1.76 bits per heavy atom. The molecule has 0 radical (unpaired) electrons. The quantitative estimate of drug-likeness (QED) is 0.118. The first kappa shape index (κ1) is 31.6. The van der Waals surface area contributed by atoms with Gasteiger partial charge in [-0.25, -0.2) is 0 Å². The van der Waals surface area contributed by atoms with Crippen LogP contribution in [0.15, 0.2) is 194 Å². The number of benzene rings is 9. The first-order valence-electron chi connectivity index (χ1n) is 18.8. The Morgan fingerprint density at radius 1 is 0.418 bits per heavy atom. The van der Waals surface area contributed by atoms with E-state index in [1.807, 2.05) is 11.3 Å². The second kappa shape index (κ2) is 12.9. The molecule has 0 unspecified atom stereocenters. The molecular weight excluding hydrogens is 685 g/mol. The first-order valence-corrected chi connectivity index (χ1v) is 19.6. The van der Waals surface area contributed by atoms with Crippen LogP contribution in [0.4, 0.5) is 17.1 Å². The predicted molar refractivity (Wildman–Crippen MR) is 238 cm³/mol. The van der Waals surface area contributed by atoms with Crippen LogP contribution in [-0.2, 0) is 0 Å². The molecule has 0 atom stereocenters. The molecule has 0 spiro atoms. The van der Waals surface area contributed by atoms with Crippen LogP contribution in [0.2, 0.25) is 0 Å². The van der Waals surface area contributed by atoms with E-state index in [4.69, 9.17) is 0 Å². The van der Waals surface area contributed by atoms with Gasteiger partial charge in [0.05, 0.1) is 11.0 Å². The number of fused-ring (bicyclic) bond motifs is 3. The summed E-state index contributed by atoms with van der Waals surface area (Å²) in [6.45, 7) is 0. The third kappa shape index (κ3) is 5.32. The lowest BCUT2D eigenvalue weighted by atomic mass is 9.94. The summed E-state index contributed by atoms with van der Waals surface area (Å²) in [7, 11) is 0. The van der Waals surface area contributed by atoms with Crippen LogP contribution in [0.5, 0.6) is 0 Å². The molecule has 11 rings (SSSR count). The summed E-state index contributed by atoms with van der Waals surface area (Å²) in [4.78, 5) is 2.29. The Bertz CT molecular complexity index is 3130. The first-order chi connectivity index (χ1) is 27.3. The number of para-hydroxylation sites is 3. The summed E-state index contributed by atoms with van der Waals surface area (Å²) in [5.74, 6) is 0. The number of rotatable bonds is 7. The molecule has 0 saturated carbocycles. The van der Waals surface area contributed by atoms with E-state index in [0.29, 0.717) is 0 Å². The molecule has 9 aromatic carbocycles. The van der Waals surface area contributed by atoms with E-state index >= 15 is 0 Å². The van der Waals surface area contributed by atoms with E-state index in [2.05, 4.69) is 216 Å². The van der Waals surface area contributed by atoms with Gasteiger partial charge in [-0.2, -0.15) is 0 Å². The van der Waals surface area contributed by atoms with Crippen LogP contribution in [0.25, 0.3) is 81.7 Å². The summed E-state index contributed by atoms with van der Waals surface area (Å²) in [6.07, 6.45) is 4.43. The minimum atomic E-state index is 1.13. The van der Waals surface area contributed by atoms with Crippen molar-refractivity contribution in [2.45, 2.75) is 0 Å². The maximum atomic E-state index is 2.41. The molecule has 55 heavy (non-hydrogen) atoms. The Morgan fingerprint density at radius 2 is 1.02 bits per heavy atom. The maximum Gasteiger partial charge on any atom is 0.0547 e. The predicted octanol–water partition coefficient (Wildman–Crippen LogP) is 15.0. The molecule has 0 bridgehead atoms. The normalized spacial score (nSPS) is 11.9. The van der Waals surface area contributed by atoms with Gasteiger partial charge in [0.15, 0.2) is 0 Å². The molecule has 0 aliphatic heterocycles. The van der Waals surface area contributed by atoms with Gasteiger partial charge >= 0.3 is 0 Å². The molecule has 0 aliphatic rings. The SMILES string of the molecule is C(=C\c1ccc2c(c1)sc1cc(-c3ccc4c5c3ccc3cccc(c35)n4-c3ccccc3)ccc12)/c1ccc(N(c2ccccc2)c2ccccc2)cc1. The maximum absolute atomic E-state index is 2.41. The van der Waals surface area contributed by atoms with Crippen LogP contribution in [0.3, 0.4) is 0 Å². The van der Waals surface area contributed by atoms with Gasteiger partial charge in [0.2, 0.25) is 0 Å². The summed E-state index contributed by atoms with van der Waals surface area (Å²) in [6, 6.07) is 70.4. The topological polar surface area (TPSA) is 8.17 Å². The summed E-state index contributed by atoms with van der Waals surface area (Å²) < 4.78 is 5.03. The van der Waals surface area contributed by atoms with Crippen LogP contribution in [0, 0.1) is 0 Å². The lowest BCUT2D eigenvalue weighted by molar-refractivity contribution is 1.18. The zero-order valence-electron chi connectivity index (χ0n) is 29.9. The molecule has 2 nitrogen and oxygen atoms in total. The van der Waals surface area contributed by atoms with Gasteiger partial charge in [0.1, 0.15) is 0 Å². The van der Waals surface area contributed by atoms with Crippen molar-refractivity contribution in [3.8, 4) is 16.8 Å². The van der Waals surface area contributed by atoms with E-state index in [0.717, 1.165) is 17.1 Å². The number of hydrogen-bond donors (Lipinski definition) is 0. The van der Waals surface area contributed by atoms with Crippen molar-refractivity contribution in [1.82, 2.24) is 4.57 Å². The Kier molecular flexibility index (Phi) is 7.39. The van der Waals surface area contributed by atoms with Gasteiger partial charge in [0.25, 0.3) is 0 Å². The van der Waals surface area contributed by atoms with Gasteiger partial charge in [-0.15, -0.1) is 11.3 Å². The molecule has 258 valence electrons. The molecule has 0 amide bonds. The highest BCUT2D eigenvalue weighted by Gasteiger charge is 2.19. The molecule has 0 saturated heterocycles. The van der Waals surface area contributed by atoms with Crippen molar-refractivity contribution in [2.75, 3.05) is 4.90 Å². The summed E-state index contributed by atoms with van der Waals surface area (Å²) >= 11 is 1.88. The van der Waals surface area contributed by atoms with Crippen molar-refractivity contribution < 1.29 is 0 Å². The van der Waals surface area contributed by atoms with E-state index in [-0.39, 0.29) is 0 Å². The largest absolute Gasteiger partial charge is 0.311 e. The fraction of sp³-hybridized carbons (Fsp3) is 0. The fourth-order valence-electron chi connectivity index (χ4n) is 8.39. The fourth-order valence-corrected chi connectivity index (χ4v) is 9.58. The Hall–Kier alpha value is -6.94. The summed E-state index contributed by atoms with van der Waals surface area (Å²) in [5.41, 5.74) is 12.0. The highest BCUT2D eigenvalue weighted by atomic mass is 32.1. The van der Waals surface area contributed by atoms with Gasteiger partial charge in [-0.3, -0.25) is 0 Å². The zero-order chi connectivity index (χ0) is 36.3. The molecule has 0 fully saturated rings.